The third-order valence-electron chi connectivity index (χ3n) is 6.09. The molecule has 26 heavy (non-hydrogen) atoms. The van der Waals surface area contributed by atoms with Crippen LogP contribution < -0.4 is 18.9 Å². The minimum atomic E-state index is -1.73. The monoisotopic (exact) mass is 386 g/mol. The molecule has 0 unspecified atom stereocenters. The molecule has 0 bridgehead atoms. The summed E-state index contributed by atoms with van der Waals surface area (Å²) in [4.78, 5) is 0. The first kappa shape index (κ1) is 26.2. The minimum Gasteiger partial charge on any atom is -0.418 e. The second-order valence-corrected chi connectivity index (χ2v) is 19.7. The van der Waals surface area contributed by atoms with Crippen LogP contribution in [0.5, 0.6) is 0 Å². The van der Waals surface area contributed by atoms with Crippen molar-refractivity contribution in [2.75, 3.05) is 6.61 Å². The summed E-state index contributed by atoms with van der Waals surface area (Å²) < 4.78 is 12.8. The molecular weight excluding hydrogens is 347 g/mol. The summed E-state index contributed by atoms with van der Waals surface area (Å²) in [5, 5.41) is 0.490. The van der Waals surface area contributed by atoms with Crippen molar-refractivity contribution in [2.45, 2.75) is 90.8 Å². The van der Waals surface area contributed by atoms with Gasteiger partial charge in [-0.05, 0) is 36.3 Å². The maximum Gasteiger partial charge on any atom is 1.00 e. The fourth-order valence-electron chi connectivity index (χ4n) is 1.98. The zero-order valence-corrected chi connectivity index (χ0v) is 21.2. The largest absolute Gasteiger partial charge is 1.00 e. The van der Waals surface area contributed by atoms with Crippen LogP contribution in [0.25, 0.3) is 0 Å². The summed E-state index contributed by atoms with van der Waals surface area (Å²) in [6.45, 7) is 24.4. The van der Waals surface area contributed by atoms with Crippen LogP contribution in [0.3, 0.4) is 0 Å². The number of benzene rings is 1. The third-order valence-corrected chi connectivity index (χ3v) is 15.1. The molecule has 0 amide bonds. The average molecular weight is 387 g/mol. The Balaban J connectivity index is 0.00000625. The van der Waals surface area contributed by atoms with Gasteiger partial charge in [0.2, 0.25) is 0 Å². The summed E-state index contributed by atoms with van der Waals surface area (Å²) in [6.07, 6.45) is 0.931. The molecule has 1 rings (SSSR count). The topological polar surface area (TPSA) is 18.5 Å². The van der Waals surface area contributed by atoms with Crippen LogP contribution in [0.1, 0.15) is 52.7 Å². The molecule has 0 radical (unpaired) electrons. The van der Waals surface area contributed by atoms with E-state index in [-0.39, 0.29) is 28.9 Å². The van der Waals surface area contributed by atoms with Crippen LogP contribution in [0.4, 0.5) is 0 Å². The Bertz CT molecular complexity index is 558. The molecule has 1 aromatic rings. The Morgan fingerprint density at radius 1 is 0.846 bits per heavy atom. The molecule has 0 aliphatic heterocycles. The molecule has 0 fully saturated rings. The normalized spacial score (nSPS) is 13.5. The predicted molar refractivity (Wildman–Crippen MR) is 114 cm³/mol. The van der Waals surface area contributed by atoms with Crippen LogP contribution in [0.15, 0.2) is 18.2 Å². The van der Waals surface area contributed by atoms with E-state index in [1.165, 1.54) is 11.1 Å². The summed E-state index contributed by atoms with van der Waals surface area (Å²) in [5.41, 5.74) is 2.59. The van der Waals surface area contributed by atoms with Crippen molar-refractivity contribution in [2.24, 2.45) is 0 Å². The summed E-state index contributed by atoms with van der Waals surface area (Å²) >= 11 is 0. The van der Waals surface area contributed by atoms with E-state index in [0.717, 1.165) is 13.0 Å². The molecule has 0 saturated heterocycles. The van der Waals surface area contributed by atoms with Gasteiger partial charge in [-0.25, -0.2) is 0 Å². The molecule has 2 nitrogen and oxygen atoms in total. The first-order valence-corrected chi connectivity index (χ1v) is 15.2. The molecule has 5 heteroatoms. The van der Waals surface area contributed by atoms with Gasteiger partial charge < -0.3 is 8.85 Å². The van der Waals surface area contributed by atoms with Crippen LogP contribution >= 0.6 is 0 Å². The second kappa shape index (κ2) is 9.58. The van der Waals surface area contributed by atoms with Crippen molar-refractivity contribution >= 4 is 16.6 Å². The first-order chi connectivity index (χ1) is 11.2. The van der Waals surface area contributed by atoms with E-state index in [4.69, 9.17) is 8.85 Å². The molecule has 0 heterocycles. The van der Waals surface area contributed by atoms with E-state index >= 15 is 0 Å². The van der Waals surface area contributed by atoms with Gasteiger partial charge in [-0.3, -0.25) is 0 Å². The van der Waals surface area contributed by atoms with E-state index in [2.05, 4.69) is 85.9 Å². The first-order valence-electron chi connectivity index (χ1n) is 9.43. The second-order valence-electron chi connectivity index (χ2n) is 10.1. The maximum atomic E-state index is 6.41. The van der Waals surface area contributed by atoms with E-state index < -0.39 is 16.6 Å². The summed E-state index contributed by atoms with van der Waals surface area (Å²) in [5.74, 6) is 0. The van der Waals surface area contributed by atoms with Crippen molar-refractivity contribution < 1.29 is 27.7 Å². The van der Waals surface area contributed by atoms with E-state index in [1.54, 1.807) is 0 Å². The Morgan fingerprint density at radius 2 is 1.35 bits per heavy atom. The molecule has 0 saturated carbocycles. The Kier molecular flexibility index (Phi) is 9.65. The van der Waals surface area contributed by atoms with Crippen molar-refractivity contribution in [3.8, 4) is 0 Å². The van der Waals surface area contributed by atoms with Gasteiger partial charge in [0, 0.05) is 13.2 Å². The van der Waals surface area contributed by atoms with E-state index in [0.29, 0.717) is 6.61 Å². The number of rotatable bonds is 7. The Hall–Kier alpha value is 0.171. The maximum absolute atomic E-state index is 6.41. The van der Waals surface area contributed by atoms with E-state index in [1.807, 2.05) is 6.07 Å². The van der Waals surface area contributed by atoms with Crippen LogP contribution in [0.2, 0.25) is 36.3 Å². The number of hydrogen-bond acceptors (Lipinski definition) is 2. The van der Waals surface area contributed by atoms with Gasteiger partial charge >= 0.3 is 18.9 Å². The van der Waals surface area contributed by atoms with Crippen molar-refractivity contribution in [3.05, 3.63) is 35.4 Å². The predicted octanol–water partition coefficient (Wildman–Crippen LogP) is 3.58. The van der Waals surface area contributed by atoms with Crippen LogP contribution in [0, 0.1) is 6.07 Å². The smallest absolute Gasteiger partial charge is 0.418 e. The quantitative estimate of drug-likeness (QED) is 0.527. The zero-order chi connectivity index (χ0) is 19.5. The van der Waals surface area contributed by atoms with Gasteiger partial charge in [-0.15, -0.1) is 11.1 Å². The third kappa shape index (κ3) is 7.30. The van der Waals surface area contributed by atoms with Gasteiger partial charge in [0.15, 0.2) is 16.6 Å². The van der Waals surface area contributed by atoms with Crippen LogP contribution in [-0.2, 0) is 21.9 Å². The fraction of sp³-hybridized carbons (Fsp3) is 0.714. The average Bonchev–Trinajstić information content (AvgIpc) is 2.43. The molecule has 1 aromatic carbocycles. The van der Waals surface area contributed by atoms with Gasteiger partial charge in [0.1, 0.15) is 0 Å². The van der Waals surface area contributed by atoms with Crippen molar-refractivity contribution in [3.63, 3.8) is 0 Å². The molecule has 0 aromatic heterocycles. The summed E-state index contributed by atoms with van der Waals surface area (Å²) in [6, 6.07) is 9.45. The SMILES string of the molecule is CC(C)(C)[Si](C)(C)OCCc1c[c-]ccc1CO[Si](C)(C)C(C)(C)C.[Li+]. The standard InChI is InChI=1S/C21H39O2Si2.Li/c1-20(2,3)24(7,8)22-16-15-18-13-11-12-14-19(18)17-23-25(9,10)21(4,5)6;/h12-14H,15-17H2,1-10H3;/q-1;+1. The molecule has 0 spiro atoms. The molecule has 0 aliphatic carbocycles. The van der Waals surface area contributed by atoms with Crippen molar-refractivity contribution in [1.82, 2.24) is 0 Å². The molecule has 0 N–H and O–H groups in total. The van der Waals surface area contributed by atoms with Gasteiger partial charge in [0.25, 0.3) is 0 Å². The van der Waals surface area contributed by atoms with Crippen LogP contribution in [-0.4, -0.2) is 23.2 Å². The fourth-order valence-corrected chi connectivity index (χ4v) is 3.97. The van der Waals surface area contributed by atoms with E-state index in [9.17, 15) is 0 Å². The summed E-state index contributed by atoms with van der Waals surface area (Å²) in [7, 11) is -3.42. The van der Waals surface area contributed by atoms with Gasteiger partial charge in [-0.1, -0.05) is 48.0 Å². The Labute approximate surface area is 176 Å². The minimum absolute atomic E-state index is 0. The molecule has 144 valence electrons. The van der Waals surface area contributed by atoms with Gasteiger partial charge in [-0.2, -0.15) is 24.3 Å². The number of hydrogen-bond donors (Lipinski definition) is 0. The van der Waals surface area contributed by atoms with Gasteiger partial charge in [0.05, 0.1) is 0 Å². The Morgan fingerprint density at radius 3 is 1.85 bits per heavy atom. The molecule has 0 atom stereocenters. The molecular formula is C21H39LiO2Si2. The van der Waals surface area contributed by atoms with Crippen molar-refractivity contribution in [1.29, 1.82) is 0 Å². The molecule has 0 aliphatic rings. The zero-order valence-electron chi connectivity index (χ0n) is 19.2.